The summed E-state index contributed by atoms with van der Waals surface area (Å²) >= 11 is 1.44. The summed E-state index contributed by atoms with van der Waals surface area (Å²) in [6.45, 7) is 0.256. The second-order valence-corrected chi connectivity index (χ2v) is 6.66. The maximum absolute atomic E-state index is 12.2. The van der Waals surface area contributed by atoms with E-state index in [9.17, 15) is 9.59 Å². The molecule has 0 heterocycles. The van der Waals surface area contributed by atoms with E-state index in [-0.39, 0.29) is 18.9 Å². The number of para-hydroxylation sites is 1. The standard InChI is InChI=1S/C20H22N4O3S/c1-28-14-18(19(25)22-13-5-12-21)24-20(26)23-15-8-10-17(11-9-15)27-16-6-3-2-4-7-16/h2-4,6-11,18H,5,13-14H2,1H3,(H,22,25)(H2,23,24,26). The Hall–Kier alpha value is -3.18. The molecule has 0 radical (unpaired) electrons. The van der Waals surface area contributed by atoms with E-state index >= 15 is 0 Å². The van der Waals surface area contributed by atoms with Gasteiger partial charge in [0.1, 0.15) is 17.5 Å². The third kappa shape index (κ3) is 7.21. The van der Waals surface area contributed by atoms with E-state index in [4.69, 9.17) is 10.00 Å². The smallest absolute Gasteiger partial charge is 0.319 e. The van der Waals surface area contributed by atoms with Crippen molar-refractivity contribution in [3.63, 3.8) is 0 Å². The third-order valence-corrected chi connectivity index (χ3v) is 4.25. The van der Waals surface area contributed by atoms with Crippen molar-refractivity contribution in [2.75, 3.05) is 23.9 Å². The molecule has 2 rings (SSSR count). The summed E-state index contributed by atoms with van der Waals surface area (Å²) in [6, 6.07) is 17.1. The molecule has 8 heteroatoms. The van der Waals surface area contributed by atoms with Gasteiger partial charge < -0.3 is 20.7 Å². The van der Waals surface area contributed by atoms with Gasteiger partial charge in [0.05, 0.1) is 12.5 Å². The van der Waals surface area contributed by atoms with Gasteiger partial charge in [0, 0.05) is 18.0 Å². The Balaban J connectivity index is 1.88. The number of carbonyl (C=O) groups excluding carboxylic acids is 2. The number of amides is 3. The predicted molar refractivity (Wildman–Crippen MR) is 111 cm³/mol. The topological polar surface area (TPSA) is 103 Å². The molecule has 0 spiro atoms. The van der Waals surface area contributed by atoms with E-state index < -0.39 is 12.1 Å². The second kappa shape index (κ2) is 11.5. The van der Waals surface area contributed by atoms with Crippen LogP contribution in [0.4, 0.5) is 10.5 Å². The number of nitriles is 1. The molecular formula is C20H22N4O3S. The molecule has 7 nitrogen and oxygen atoms in total. The highest BCUT2D eigenvalue weighted by atomic mass is 32.2. The van der Waals surface area contributed by atoms with Gasteiger partial charge in [0.25, 0.3) is 0 Å². The number of thioether (sulfide) groups is 1. The van der Waals surface area contributed by atoms with Crippen molar-refractivity contribution in [2.45, 2.75) is 12.5 Å². The lowest BCUT2D eigenvalue weighted by atomic mass is 10.3. The number of ether oxygens (including phenoxy) is 1. The molecule has 0 bridgehead atoms. The van der Waals surface area contributed by atoms with Gasteiger partial charge in [-0.05, 0) is 42.7 Å². The van der Waals surface area contributed by atoms with Gasteiger partial charge in [-0.25, -0.2) is 4.79 Å². The van der Waals surface area contributed by atoms with Gasteiger partial charge in [0.15, 0.2) is 0 Å². The average molecular weight is 398 g/mol. The van der Waals surface area contributed by atoms with Crippen molar-refractivity contribution in [3.8, 4) is 17.6 Å². The number of rotatable bonds is 9. The zero-order chi connectivity index (χ0) is 20.2. The monoisotopic (exact) mass is 398 g/mol. The van der Waals surface area contributed by atoms with Crippen LogP contribution in [0.1, 0.15) is 6.42 Å². The summed E-state index contributed by atoms with van der Waals surface area (Å²) in [5.74, 6) is 1.49. The number of nitrogens with zero attached hydrogens (tertiary/aromatic N) is 1. The van der Waals surface area contributed by atoms with Crippen LogP contribution >= 0.6 is 11.8 Å². The minimum Gasteiger partial charge on any atom is -0.457 e. The van der Waals surface area contributed by atoms with Crippen molar-refractivity contribution in [1.82, 2.24) is 10.6 Å². The molecule has 0 saturated heterocycles. The predicted octanol–water partition coefficient (Wildman–Crippen LogP) is 3.36. The highest BCUT2D eigenvalue weighted by molar-refractivity contribution is 7.98. The summed E-state index contributed by atoms with van der Waals surface area (Å²) in [5, 5.41) is 16.5. The molecule has 3 amide bonds. The molecule has 1 atom stereocenters. The number of hydrogen-bond acceptors (Lipinski definition) is 5. The van der Waals surface area contributed by atoms with E-state index in [1.807, 2.05) is 42.7 Å². The first-order valence-electron chi connectivity index (χ1n) is 8.66. The number of urea groups is 1. The van der Waals surface area contributed by atoms with E-state index in [1.165, 1.54) is 11.8 Å². The number of anilines is 1. The van der Waals surface area contributed by atoms with E-state index in [2.05, 4.69) is 16.0 Å². The largest absolute Gasteiger partial charge is 0.457 e. The minimum atomic E-state index is -0.686. The van der Waals surface area contributed by atoms with Gasteiger partial charge in [-0.1, -0.05) is 18.2 Å². The summed E-state index contributed by atoms with van der Waals surface area (Å²) in [5.41, 5.74) is 0.575. The SMILES string of the molecule is CSCC(NC(=O)Nc1ccc(Oc2ccccc2)cc1)C(=O)NCCC#N. The van der Waals surface area contributed by atoms with Gasteiger partial charge >= 0.3 is 6.03 Å². The second-order valence-electron chi connectivity index (χ2n) is 5.75. The lowest BCUT2D eigenvalue weighted by Crippen LogP contribution is -2.49. The molecule has 0 aliphatic carbocycles. The van der Waals surface area contributed by atoms with E-state index in [0.717, 1.165) is 5.75 Å². The quantitative estimate of drug-likeness (QED) is 0.562. The van der Waals surface area contributed by atoms with Crippen molar-refractivity contribution in [2.24, 2.45) is 0 Å². The van der Waals surface area contributed by atoms with Crippen LogP contribution in [0.3, 0.4) is 0 Å². The molecule has 1 unspecified atom stereocenters. The lowest BCUT2D eigenvalue weighted by molar-refractivity contribution is -0.122. The molecule has 0 fully saturated rings. The number of nitrogens with one attached hydrogen (secondary N) is 3. The van der Waals surface area contributed by atoms with Crippen LogP contribution in [0.25, 0.3) is 0 Å². The van der Waals surface area contributed by atoms with E-state index in [0.29, 0.717) is 17.2 Å². The van der Waals surface area contributed by atoms with Crippen molar-refractivity contribution in [3.05, 3.63) is 54.6 Å². The normalized spacial score (nSPS) is 11.0. The molecule has 3 N–H and O–H groups in total. The minimum absolute atomic E-state index is 0.224. The maximum atomic E-state index is 12.2. The Morgan fingerprint density at radius 2 is 1.79 bits per heavy atom. The van der Waals surface area contributed by atoms with Gasteiger partial charge in [-0.3, -0.25) is 4.79 Å². The van der Waals surface area contributed by atoms with Crippen LogP contribution in [-0.4, -0.2) is 36.5 Å². The Morgan fingerprint density at radius 1 is 1.11 bits per heavy atom. The van der Waals surface area contributed by atoms with Crippen LogP contribution < -0.4 is 20.7 Å². The molecule has 146 valence electrons. The highest BCUT2D eigenvalue weighted by Crippen LogP contribution is 2.22. The third-order valence-electron chi connectivity index (χ3n) is 3.58. The fourth-order valence-electron chi connectivity index (χ4n) is 2.27. The first kappa shape index (κ1) is 21.1. The summed E-state index contributed by atoms with van der Waals surface area (Å²) in [6.07, 6.45) is 2.07. The number of benzene rings is 2. The van der Waals surface area contributed by atoms with Crippen LogP contribution in [0.15, 0.2) is 54.6 Å². The molecule has 2 aromatic rings. The molecule has 0 saturated carbocycles. The van der Waals surface area contributed by atoms with Crippen LogP contribution in [-0.2, 0) is 4.79 Å². The van der Waals surface area contributed by atoms with Gasteiger partial charge in [-0.15, -0.1) is 0 Å². The lowest BCUT2D eigenvalue weighted by Gasteiger charge is -2.17. The number of hydrogen-bond donors (Lipinski definition) is 3. The number of carbonyl (C=O) groups is 2. The molecule has 28 heavy (non-hydrogen) atoms. The van der Waals surface area contributed by atoms with Gasteiger partial charge in [0.2, 0.25) is 5.91 Å². The zero-order valence-corrected chi connectivity index (χ0v) is 16.3. The Bertz CT molecular complexity index is 806. The summed E-state index contributed by atoms with van der Waals surface area (Å²) in [4.78, 5) is 24.3. The molecule has 0 aromatic heterocycles. The molecule has 2 aromatic carbocycles. The van der Waals surface area contributed by atoms with Crippen molar-refractivity contribution >= 4 is 29.4 Å². The van der Waals surface area contributed by atoms with Crippen molar-refractivity contribution < 1.29 is 14.3 Å². The Kier molecular flexibility index (Phi) is 8.69. The van der Waals surface area contributed by atoms with Crippen LogP contribution in [0.5, 0.6) is 11.5 Å². The van der Waals surface area contributed by atoms with Gasteiger partial charge in [-0.2, -0.15) is 17.0 Å². The molecule has 0 aliphatic heterocycles. The zero-order valence-electron chi connectivity index (χ0n) is 15.5. The Labute approximate surface area is 168 Å². The Morgan fingerprint density at radius 3 is 2.43 bits per heavy atom. The summed E-state index contributed by atoms with van der Waals surface area (Å²) < 4.78 is 5.71. The fourth-order valence-corrected chi connectivity index (χ4v) is 2.84. The molecular weight excluding hydrogens is 376 g/mol. The average Bonchev–Trinajstić information content (AvgIpc) is 2.70. The van der Waals surface area contributed by atoms with Crippen molar-refractivity contribution in [1.29, 1.82) is 5.26 Å². The first-order chi connectivity index (χ1) is 13.6. The first-order valence-corrected chi connectivity index (χ1v) is 10.1. The fraction of sp³-hybridized carbons (Fsp3) is 0.250. The maximum Gasteiger partial charge on any atom is 0.319 e. The van der Waals surface area contributed by atoms with E-state index in [1.54, 1.807) is 24.3 Å². The van der Waals surface area contributed by atoms with Crippen LogP contribution in [0.2, 0.25) is 0 Å². The van der Waals surface area contributed by atoms with Crippen LogP contribution in [0, 0.1) is 11.3 Å². The highest BCUT2D eigenvalue weighted by Gasteiger charge is 2.19. The molecule has 0 aliphatic rings. The summed E-state index contributed by atoms with van der Waals surface area (Å²) in [7, 11) is 0.